The molecule has 0 N–H and O–H groups in total. The van der Waals surface area contributed by atoms with Crippen LogP contribution in [0.5, 0.6) is 0 Å². The number of nitrogens with zero attached hydrogens (tertiary/aromatic N) is 1. The molecule has 1 nitrogen and oxygen atoms in total. The van der Waals surface area contributed by atoms with E-state index in [4.69, 9.17) is 0 Å². The Labute approximate surface area is 141 Å². The van der Waals surface area contributed by atoms with Crippen molar-refractivity contribution in [3.63, 3.8) is 0 Å². The van der Waals surface area contributed by atoms with Crippen molar-refractivity contribution in [3.05, 3.63) is 52.4 Å². The monoisotopic (exact) mass is 387 g/mol. The standard InChI is InChI=1S/C16H10F9N/c1-3-26(4-2)16-14(24)9(19)6(10(20)15(16)25)5-7(17)11(21)13(23)12(22)8(5)18/h3-4H2,1-2H3. The fourth-order valence-electron chi connectivity index (χ4n) is 2.48. The Balaban J connectivity index is 2.95. The Bertz CT molecular complexity index is 817. The lowest BCUT2D eigenvalue weighted by atomic mass is 10.00. The van der Waals surface area contributed by atoms with Gasteiger partial charge in [-0.2, -0.15) is 0 Å². The van der Waals surface area contributed by atoms with Gasteiger partial charge in [-0.25, -0.2) is 39.5 Å². The minimum absolute atomic E-state index is 0.0783. The van der Waals surface area contributed by atoms with Crippen LogP contribution in [0.15, 0.2) is 0 Å². The smallest absolute Gasteiger partial charge is 0.200 e. The zero-order valence-corrected chi connectivity index (χ0v) is 13.3. The molecule has 0 saturated carbocycles. The Hall–Kier alpha value is -2.39. The van der Waals surface area contributed by atoms with Crippen LogP contribution in [-0.4, -0.2) is 13.1 Å². The summed E-state index contributed by atoms with van der Waals surface area (Å²) in [6.07, 6.45) is 0. The first-order valence-corrected chi connectivity index (χ1v) is 7.22. The Kier molecular flexibility index (Phi) is 5.43. The molecule has 0 spiro atoms. The van der Waals surface area contributed by atoms with Gasteiger partial charge in [0.25, 0.3) is 0 Å². The molecule has 0 saturated heterocycles. The van der Waals surface area contributed by atoms with Crippen molar-refractivity contribution in [2.75, 3.05) is 18.0 Å². The number of benzene rings is 2. The maximum Gasteiger partial charge on any atom is 0.200 e. The minimum atomic E-state index is -2.59. The van der Waals surface area contributed by atoms with Gasteiger partial charge in [0.2, 0.25) is 5.82 Å². The van der Waals surface area contributed by atoms with Crippen LogP contribution in [0.25, 0.3) is 11.1 Å². The van der Waals surface area contributed by atoms with E-state index < -0.39 is 69.2 Å². The number of halogens is 9. The highest BCUT2D eigenvalue weighted by atomic mass is 19.2. The van der Waals surface area contributed by atoms with Crippen LogP contribution < -0.4 is 4.90 Å². The van der Waals surface area contributed by atoms with Crippen molar-refractivity contribution < 1.29 is 39.5 Å². The van der Waals surface area contributed by atoms with Crippen LogP contribution in [0.1, 0.15) is 13.8 Å². The third-order valence-electron chi connectivity index (χ3n) is 3.78. The first-order chi connectivity index (χ1) is 12.1. The first-order valence-electron chi connectivity index (χ1n) is 7.22. The van der Waals surface area contributed by atoms with Gasteiger partial charge in [0.05, 0.1) is 11.1 Å². The summed E-state index contributed by atoms with van der Waals surface area (Å²) in [6, 6.07) is 0. The highest BCUT2D eigenvalue weighted by Crippen LogP contribution is 2.40. The van der Waals surface area contributed by atoms with Crippen LogP contribution in [0, 0.1) is 52.4 Å². The van der Waals surface area contributed by atoms with E-state index in [2.05, 4.69) is 0 Å². The zero-order valence-electron chi connectivity index (χ0n) is 13.3. The van der Waals surface area contributed by atoms with Gasteiger partial charge in [0, 0.05) is 13.1 Å². The van der Waals surface area contributed by atoms with Gasteiger partial charge >= 0.3 is 0 Å². The van der Waals surface area contributed by atoms with Gasteiger partial charge in [-0.15, -0.1) is 0 Å². The van der Waals surface area contributed by atoms with E-state index >= 15 is 0 Å². The van der Waals surface area contributed by atoms with Crippen molar-refractivity contribution in [1.82, 2.24) is 0 Å². The molecule has 2 aromatic carbocycles. The lowest BCUT2D eigenvalue weighted by molar-refractivity contribution is 0.379. The second kappa shape index (κ2) is 7.08. The van der Waals surface area contributed by atoms with E-state index in [9.17, 15) is 39.5 Å². The molecule has 142 valence electrons. The number of rotatable bonds is 4. The molecule has 0 aliphatic carbocycles. The molecule has 26 heavy (non-hydrogen) atoms. The Morgan fingerprint density at radius 2 is 0.731 bits per heavy atom. The van der Waals surface area contributed by atoms with Crippen LogP contribution in [0.4, 0.5) is 45.2 Å². The fourth-order valence-corrected chi connectivity index (χ4v) is 2.48. The zero-order chi connectivity index (χ0) is 19.9. The Morgan fingerprint density at radius 1 is 0.462 bits per heavy atom. The van der Waals surface area contributed by atoms with E-state index in [0.29, 0.717) is 0 Å². The predicted molar refractivity (Wildman–Crippen MR) is 75.1 cm³/mol. The van der Waals surface area contributed by atoms with Gasteiger partial charge in [-0.1, -0.05) is 0 Å². The molecule has 0 bridgehead atoms. The second-order valence-electron chi connectivity index (χ2n) is 5.10. The Morgan fingerprint density at radius 3 is 1.04 bits per heavy atom. The lowest BCUT2D eigenvalue weighted by Crippen LogP contribution is -2.25. The summed E-state index contributed by atoms with van der Waals surface area (Å²) in [5.41, 5.74) is -5.28. The summed E-state index contributed by atoms with van der Waals surface area (Å²) in [4.78, 5) is 0.874. The van der Waals surface area contributed by atoms with E-state index in [-0.39, 0.29) is 13.1 Å². The van der Waals surface area contributed by atoms with E-state index in [0.717, 1.165) is 4.90 Å². The highest BCUT2D eigenvalue weighted by molar-refractivity contribution is 5.70. The van der Waals surface area contributed by atoms with Crippen LogP contribution >= 0.6 is 0 Å². The molecule has 0 amide bonds. The molecular formula is C16H10F9N. The van der Waals surface area contributed by atoms with Crippen molar-refractivity contribution in [1.29, 1.82) is 0 Å². The molecule has 10 heteroatoms. The third-order valence-corrected chi connectivity index (χ3v) is 3.78. The summed E-state index contributed by atoms with van der Waals surface area (Å²) in [5, 5.41) is 0. The average molecular weight is 387 g/mol. The summed E-state index contributed by atoms with van der Waals surface area (Å²) in [5.74, 6) is -21.4. The third kappa shape index (κ3) is 2.77. The van der Waals surface area contributed by atoms with E-state index in [1.54, 1.807) is 0 Å². The lowest BCUT2D eigenvalue weighted by Gasteiger charge is -2.23. The molecule has 0 heterocycles. The number of anilines is 1. The van der Waals surface area contributed by atoms with Gasteiger partial charge in [0.1, 0.15) is 5.69 Å². The SMILES string of the molecule is CCN(CC)c1c(F)c(F)c(-c2c(F)c(F)c(F)c(F)c2F)c(F)c1F. The predicted octanol–water partition coefficient (Wildman–Crippen LogP) is 5.45. The number of hydrogen-bond acceptors (Lipinski definition) is 1. The van der Waals surface area contributed by atoms with Crippen molar-refractivity contribution in [2.24, 2.45) is 0 Å². The molecule has 0 aliphatic heterocycles. The summed E-state index contributed by atoms with van der Waals surface area (Å²) in [6.45, 7) is 2.67. The molecule has 0 aliphatic rings. The van der Waals surface area contributed by atoms with Crippen LogP contribution in [-0.2, 0) is 0 Å². The van der Waals surface area contributed by atoms with Gasteiger partial charge < -0.3 is 4.90 Å². The maximum atomic E-state index is 14.3. The molecule has 0 radical (unpaired) electrons. The molecule has 0 fully saturated rings. The largest absolute Gasteiger partial charge is 0.367 e. The summed E-state index contributed by atoms with van der Waals surface area (Å²) < 4.78 is 124. The van der Waals surface area contributed by atoms with Gasteiger partial charge in [0.15, 0.2) is 46.5 Å². The fraction of sp³-hybridized carbons (Fsp3) is 0.250. The van der Waals surface area contributed by atoms with Crippen LogP contribution in [0.3, 0.4) is 0 Å². The van der Waals surface area contributed by atoms with Gasteiger partial charge in [-0.3, -0.25) is 0 Å². The molecule has 0 unspecified atom stereocenters. The summed E-state index contributed by atoms with van der Waals surface area (Å²) in [7, 11) is 0. The maximum absolute atomic E-state index is 14.3. The van der Waals surface area contributed by atoms with E-state index in [1.807, 2.05) is 0 Å². The quantitative estimate of drug-likeness (QED) is 0.383. The summed E-state index contributed by atoms with van der Waals surface area (Å²) >= 11 is 0. The van der Waals surface area contributed by atoms with E-state index in [1.165, 1.54) is 13.8 Å². The molecule has 2 aromatic rings. The molecular weight excluding hydrogens is 377 g/mol. The molecule has 0 aromatic heterocycles. The molecule has 2 rings (SSSR count). The minimum Gasteiger partial charge on any atom is -0.367 e. The van der Waals surface area contributed by atoms with Crippen molar-refractivity contribution in [3.8, 4) is 11.1 Å². The average Bonchev–Trinajstić information content (AvgIpc) is 2.63. The van der Waals surface area contributed by atoms with Crippen molar-refractivity contribution >= 4 is 5.69 Å². The topological polar surface area (TPSA) is 3.24 Å². The normalized spacial score (nSPS) is 11.2. The molecule has 0 atom stereocenters. The first kappa shape index (κ1) is 19.9. The van der Waals surface area contributed by atoms with Crippen LogP contribution in [0.2, 0.25) is 0 Å². The number of hydrogen-bond donors (Lipinski definition) is 0. The van der Waals surface area contributed by atoms with Gasteiger partial charge in [-0.05, 0) is 13.8 Å². The second-order valence-corrected chi connectivity index (χ2v) is 5.10. The van der Waals surface area contributed by atoms with Crippen molar-refractivity contribution in [2.45, 2.75) is 13.8 Å². The highest BCUT2D eigenvalue weighted by Gasteiger charge is 2.35.